The lowest BCUT2D eigenvalue weighted by Crippen LogP contribution is -2.31. The largest absolute Gasteiger partial charge is 0.487 e. The summed E-state index contributed by atoms with van der Waals surface area (Å²) in [4.78, 5) is 28.5. The SMILES string of the molecule is CC(NC(=O)COC(=O)c1cccc(OCc2cscn2)c1)c1ccc(Cl)cc1. The van der Waals surface area contributed by atoms with Crippen molar-refractivity contribution in [2.75, 3.05) is 6.61 Å². The number of esters is 1. The molecule has 0 bridgehead atoms. The number of ether oxygens (including phenoxy) is 2. The van der Waals surface area contributed by atoms with Gasteiger partial charge >= 0.3 is 5.97 Å². The van der Waals surface area contributed by atoms with Gasteiger partial charge in [0.2, 0.25) is 0 Å². The number of halogens is 1. The predicted octanol–water partition coefficient (Wildman–Crippen LogP) is 4.41. The molecule has 1 unspecified atom stereocenters. The predicted molar refractivity (Wildman–Crippen MR) is 111 cm³/mol. The number of carbonyl (C=O) groups is 2. The first-order chi connectivity index (χ1) is 14.0. The highest BCUT2D eigenvalue weighted by atomic mass is 35.5. The summed E-state index contributed by atoms with van der Waals surface area (Å²) in [6.07, 6.45) is 0. The first kappa shape index (κ1) is 20.8. The van der Waals surface area contributed by atoms with Crippen LogP contribution in [0, 0.1) is 0 Å². The molecule has 0 fully saturated rings. The van der Waals surface area contributed by atoms with Crippen LogP contribution >= 0.6 is 22.9 Å². The molecule has 1 N–H and O–H groups in total. The number of nitrogens with zero attached hydrogens (tertiary/aromatic N) is 1. The maximum absolute atomic E-state index is 12.2. The topological polar surface area (TPSA) is 77.5 Å². The van der Waals surface area contributed by atoms with Crippen molar-refractivity contribution < 1.29 is 19.1 Å². The number of carbonyl (C=O) groups excluding carboxylic acids is 2. The van der Waals surface area contributed by atoms with Gasteiger partial charge in [0.25, 0.3) is 5.91 Å². The third-order valence-corrected chi connectivity index (χ3v) is 4.91. The molecule has 2 aromatic carbocycles. The van der Waals surface area contributed by atoms with Crippen LogP contribution in [0.3, 0.4) is 0 Å². The number of benzene rings is 2. The fraction of sp³-hybridized carbons (Fsp3) is 0.190. The van der Waals surface area contributed by atoms with Crippen LogP contribution < -0.4 is 10.1 Å². The summed E-state index contributed by atoms with van der Waals surface area (Å²) in [5, 5.41) is 5.29. The Kier molecular flexibility index (Phi) is 7.21. The molecule has 3 aromatic rings. The molecule has 0 aliphatic rings. The average molecular weight is 431 g/mol. The number of hydrogen-bond acceptors (Lipinski definition) is 6. The van der Waals surface area contributed by atoms with Crippen LogP contribution in [-0.2, 0) is 16.1 Å². The van der Waals surface area contributed by atoms with Crippen LogP contribution in [0.4, 0.5) is 0 Å². The first-order valence-electron chi connectivity index (χ1n) is 8.83. The summed E-state index contributed by atoms with van der Waals surface area (Å²) in [6, 6.07) is 13.5. The normalized spacial score (nSPS) is 11.5. The Morgan fingerprint density at radius 3 is 2.72 bits per heavy atom. The fourth-order valence-electron chi connectivity index (χ4n) is 2.51. The van der Waals surface area contributed by atoms with Crippen molar-refractivity contribution in [2.24, 2.45) is 0 Å². The first-order valence-corrected chi connectivity index (χ1v) is 10.2. The molecule has 0 aliphatic heterocycles. The molecular formula is C21H19ClN2O4S. The van der Waals surface area contributed by atoms with E-state index in [0.29, 0.717) is 22.9 Å². The Hall–Kier alpha value is -2.90. The molecule has 29 heavy (non-hydrogen) atoms. The van der Waals surface area contributed by atoms with Crippen molar-refractivity contribution in [3.05, 3.63) is 81.3 Å². The second kappa shape index (κ2) is 10.0. The lowest BCUT2D eigenvalue weighted by atomic mass is 10.1. The second-order valence-electron chi connectivity index (χ2n) is 6.21. The van der Waals surface area contributed by atoms with Crippen molar-refractivity contribution in [1.29, 1.82) is 0 Å². The van der Waals surface area contributed by atoms with Gasteiger partial charge in [0, 0.05) is 10.4 Å². The Balaban J connectivity index is 1.48. The highest BCUT2D eigenvalue weighted by molar-refractivity contribution is 7.07. The van der Waals surface area contributed by atoms with Gasteiger partial charge < -0.3 is 14.8 Å². The van der Waals surface area contributed by atoms with E-state index in [1.165, 1.54) is 11.3 Å². The zero-order valence-electron chi connectivity index (χ0n) is 15.6. The molecule has 0 aliphatic carbocycles. The minimum Gasteiger partial charge on any atom is -0.487 e. The van der Waals surface area contributed by atoms with Crippen LogP contribution in [0.5, 0.6) is 5.75 Å². The van der Waals surface area contributed by atoms with E-state index >= 15 is 0 Å². The lowest BCUT2D eigenvalue weighted by Gasteiger charge is -2.14. The minimum absolute atomic E-state index is 0.235. The minimum atomic E-state index is -0.599. The van der Waals surface area contributed by atoms with Gasteiger partial charge in [-0.1, -0.05) is 29.8 Å². The Labute approximate surface area is 177 Å². The highest BCUT2D eigenvalue weighted by Gasteiger charge is 2.14. The van der Waals surface area contributed by atoms with Gasteiger partial charge in [-0.05, 0) is 42.8 Å². The molecular weight excluding hydrogens is 412 g/mol. The van der Waals surface area contributed by atoms with E-state index in [1.54, 1.807) is 41.9 Å². The number of nitrogens with one attached hydrogen (secondary N) is 1. The van der Waals surface area contributed by atoms with Gasteiger partial charge in [-0.15, -0.1) is 11.3 Å². The third-order valence-electron chi connectivity index (χ3n) is 4.02. The molecule has 0 radical (unpaired) electrons. The molecule has 1 heterocycles. The van der Waals surface area contributed by atoms with Gasteiger partial charge in [0.1, 0.15) is 12.4 Å². The second-order valence-corrected chi connectivity index (χ2v) is 7.37. The van der Waals surface area contributed by atoms with Crippen molar-refractivity contribution in [3.8, 4) is 5.75 Å². The summed E-state index contributed by atoms with van der Waals surface area (Å²) in [5.41, 5.74) is 3.75. The fourth-order valence-corrected chi connectivity index (χ4v) is 3.18. The van der Waals surface area contributed by atoms with Gasteiger partial charge in [-0.2, -0.15) is 0 Å². The Morgan fingerprint density at radius 2 is 2.00 bits per heavy atom. The van der Waals surface area contributed by atoms with Gasteiger partial charge in [-0.3, -0.25) is 4.79 Å². The lowest BCUT2D eigenvalue weighted by molar-refractivity contribution is -0.124. The molecule has 1 amide bonds. The summed E-state index contributed by atoms with van der Waals surface area (Å²) < 4.78 is 10.7. The Bertz CT molecular complexity index is 961. The van der Waals surface area contributed by atoms with Crippen molar-refractivity contribution in [2.45, 2.75) is 19.6 Å². The van der Waals surface area contributed by atoms with E-state index < -0.39 is 11.9 Å². The van der Waals surface area contributed by atoms with E-state index in [2.05, 4.69) is 10.3 Å². The molecule has 6 nitrogen and oxygen atoms in total. The van der Waals surface area contributed by atoms with E-state index in [1.807, 2.05) is 24.4 Å². The van der Waals surface area contributed by atoms with Gasteiger partial charge in [0.15, 0.2) is 6.61 Å². The van der Waals surface area contributed by atoms with Crippen LogP contribution in [0.2, 0.25) is 5.02 Å². The van der Waals surface area contributed by atoms with E-state index in [0.717, 1.165) is 11.3 Å². The molecule has 0 saturated heterocycles. The monoisotopic (exact) mass is 430 g/mol. The number of thiazole rings is 1. The zero-order valence-corrected chi connectivity index (χ0v) is 17.2. The molecule has 1 aromatic heterocycles. The quantitative estimate of drug-likeness (QED) is 0.535. The maximum Gasteiger partial charge on any atom is 0.338 e. The molecule has 0 spiro atoms. The molecule has 1 atom stereocenters. The van der Waals surface area contributed by atoms with E-state index in [9.17, 15) is 9.59 Å². The number of amides is 1. The van der Waals surface area contributed by atoms with E-state index in [-0.39, 0.29) is 12.6 Å². The number of aromatic nitrogens is 1. The Morgan fingerprint density at radius 1 is 1.21 bits per heavy atom. The van der Waals surface area contributed by atoms with Crippen LogP contribution in [-0.4, -0.2) is 23.5 Å². The highest BCUT2D eigenvalue weighted by Crippen LogP contribution is 2.17. The molecule has 3 rings (SSSR count). The summed E-state index contributed by atoms with van der Waals surface area (Å²) in [5.74, 6) is -0.469. The third kappa shape index (κ3) is 6.30. The molecule has 0 saturated carbocycles. The van der Waals surface area contributed by atoms with Crippen LogP contribution in [0.15, 0.2) is 59.4 Å². The van der Waals surface area contributed by atoms with Gasteiger partial charge in [0.05, 0.1) is 22.8 Å². The van der Waals surface area contributed by atoms with Gasteiger partial charge in [-0.25, -0.2) is 9.78 Å². The van der Waals surface area contributed by atoms with Crippen molar-refractivity contribution >= 4 is 34.8 Å². The molecule has 150 valence electrons. The van der Waals surface area contributed by atoms with Crippen molar-refractivity contribution in [1.82, 2.24) is 10.3 Å². The zero-order chi connectivity index (χ0) is 20.6. The standard InChI is InChI=1S/C21H19ClN2O4S/c1-14(15-5-7-17(22)8-6-15)24-20(25)11-28-21(26)16-3-2-4-19(9-16)27-10-18-12-29-13-23-18/h2-9,12-14H,10-11H2,1H3,(H,24,25). The van der Waals surface area contributed by atoms with E-state index in [4.69, 9.17) is 21.1 Å². The average Bonchev–Trinajstić information content (AvgIpc) is 3.25. The smallest absolute Gasteiger partial charge is 0.338 e. The van der Waals surface area contributed by atoms with Crippen molar-refractivity contribution in [3.63, 3.8) is 0 Å². The maximum atomic E-state index is 12.2. The summed E-state index contributed by atoms with van der Waals surface area (Å²) in [6.45, 7) is 1.78. The van der Waals surface area contributed by atoms with Crippen LogP contribution in [0.1, 0.15) is 34.6 Å². The number of hydrogen-bond donors (Lipinski definition) is 1. The summed E-state index contributed by atoms with van der Waals surface area (Å²) >= 11 is 7.35. The molecule has 8 heteroatoms. The van der Waals surface area contributed by atoms with Crippen LogP contribution in [0.25, 0.3) is 0 Å². The number of rotatable bonds is 8. The summed E-state index contributed by atoms with van der Waals surface area (Å²) in [7, 11) is 0.